The topological polar surface area (TPSA) is 120 Å². The maximum absolute atomic E-state index is 13.9. The van der Waals surface area contributed by atoms with Gasteiger partial charge in [-0.15, -0.1) is 0 Å². The summed E-state index contributed by atoms with van der Waals surface area (Å²) >= 11 is 0. The third kappa shape index (κ3) is 8.65. The summed E-state index contributed by atoms with van der Waals surface area (Å²) < 4.78 is 4.70. The van der Waals surface area contributed by atoms with Crippen molar-refractivity contribution in [2.24, 2.45) is 0 Å². The molecule has 43 heavy (non-hydrogen) atoms. The molecule has 2 atom stereocenters. The number of nitrogens with zero attached hydrogens (tertiary/aromatic N) is 1. The molecule has 0 aliphatic carbocycles. The maximum atomic E-state index is 13.9. The molecule has 0 radical (unpaired) electrons. The van der Waals surface area contributed by atoms with E-state index in [0.29, 0.717) is 32.5 Å². The molecule has 1 aliphatic heterocycles. The number of amides is 3. The van der Waals surface area contributed by atoms with Crippen LogP contribution in [0.15, 0.2) is 72.8 Å². The van der Waals surface area contributed by atoms with Gasteiger partial charge in [0.2, 0.25) is 11.8 Å². The number of aliphatic hydroxyl groups is 1. The lowest BCUT2D eigenvalue weighted by Gasteiger charge is -2.29. The van der Waals surface area contributed by atoms with Gasteiger partial charge in [-0.05, 0) is 67.5 Å². The van der Waals surface area contributed by atoms with Gasteiger partial charge in [0, 0.05) is 30.7 Å². The summed E-state index contributed by atoms with van der Waals surface area (Å²) in [5, 5.41) is 18.6. The molecular formula is C34H42N4O5. The molecule has 0 saturated carbocycles. The van der Waals surface area contributed by atoms with Crippen molar-refractivity contribution >= 4 is 23.6 Å². The van der Waals surface area contributed by atoms with E-state index in [-0.39, 0.29) is 18.2 Å². The van der Waals surface area contributed by atoms with Crippen LogP contribution in [-0.2, 0) is 33.8 Å². The second-order valence-corrected chi connectivity index (χ2v) is 11.7. The first-order chi connectivity index (χ1) is 20.6. The quantitative estimate of drug-likeness (QED) is 0.266. The fourth-order valence-electron chi connectivity index (χ4n) is 5.31. The van der Waals surface area contributed by atoms with E-state index in [1.807, 2.05) is 86.6 Å². The Hall–Kier alpha value is -4.21. The van der Waals surface area contributed by atoms with Gasteiger partial charge in [0.05, 0.1) is 19.8 Å². The van der Waals surface area contributed by atoms with Gasteiger partial charge in [0.25, 0.3) is 0 Å². The van der Waals surface area contributed by atoms with Crippen molar-refractivity contribution in [3.63, 3.8) is 0 Å². The Morgan fingerprint density at radius 2 is 1.74 bits per heavy atom. The van der Waals surface area contributed by atoms with Crippen LogP contribution in [-0.4, -0.2) is 54.4 Å². The van der Waals surface area contributed by atoms with E-state index in [1.54, 1.807) is 11.8 Å². The Balaban J connectivity index is 1.51. The highest BCUT2D eigenvalue weighted by atomic mass is 16.5. The molecular weight excluding hydrogens is 544 g/mol. The van der Waals surface area contributed by atoms with Crippen LogP contribution >= 0.6 is 0 Å². The number of methoxy groups -OCH3 is 1. The summed E-state index contributed by atoms with van der Waals surface area (Å²) in [7, 11) is 1.34. The zero-order valence-electron chi connectivity index (χ0n) is 25.4. The van der Waals surface area contributed by atoms with E-state index in [9.17, 15) is 19.5 Å². The molecule has 4 rings (SSSR count). The summed E-state index contributed by atoms with van der Waals surface area (Å²) in [6.45, 7) is 6.57. The van der Waals surface area contributed by atoms with Crippen LogP contribution in [0, 0.1) is 0 Å². The van der Waals surface area contributed by atoms with Gasteiger partial charge in [-0.3, -0.25) is 9.59 Å². The number of aryl methyl sites for hydroxylation is 1. The highest BCUT2D eigenvalue weighted by Gasteiger charge is 2.32. The van der Waals surface area contributed by atoms with E-state index < -0.39 is 23.8 Å². The van der Waals surface area contributed by atoms with Crippen molar-refractivity contribution in [3.8, 4) is 11.1 Å². The smallest absolute Gasteiger partial charge is 0.407 e. The number of aliphatic hydroxyl groups excluding tert-OH is 1. The van der Waals surface area contributed by atoms with Crippen LogP contribution in [0.4, 0.5) is 10.5 Å². The number of fused-ring (bicyclic) bond motifs is 1. The summed E-state index contributed by atoms with van der Waals surface area (Å²) in [4.78, 5) is 40.4. The number of hydrogen-bond donors (Lipinski definition) is 4. The second-order valence-electron chi connectivity index (χ2n) is 11.7. The molecule has 4 N–H and O–H groups in total. The van der Waals surface area contributed by atoms with Gasteiger partial charge in [0.15, 0.2) is 0 Å². The SMILES string of the molecule is COC(=O)NCc1ccccc1-c1ccc(CN2C(=O)[C@H](NC(=O)CC(C)(C)NC[C@@H](C)O)CCc3ccccc32)cc1. The van der Waals surface area contributed by atoms with Crippen LogP contribution in [0.3, 0.4) is 0 Å². The van der Waals surface area contributed by atoms with Crippen molar-refractivity contribution in [3.05, 3.63) is 89.5 Å². The highest BCUT2D eigenvalue weighted by Crippen LogP contribution is 2.30. The molecule has 228 valence electrons. The molecule has 3 aromatic rings. The van der Waals surface area contributed by atoms with Crippen LogP contribution in [0.2, 0.25) is 0 Å². The minimum Gasteiger partial charge on any atom is -0.453 e. The maximum Gasteiger partial charge on any atom is 0.407 e. The van der Waals surface area contributed by atoms with Gasteiger partial charge in [-0.1, -0.05) is 66.7 Å². The van der Waals surface area contributed by atoms with Crippen LogP contribution in [0.5, 0.6) is 0 Å². The lowest BCUT2D eigenvalue weighted by atomic mass is 9.98. The Morgan fingerprint density at radius 3 is 2.47 bits per heavy atom. The second kappa shape index (κ2) is 14.3. The number of benzene rings is 3. The van der Waals surface area contributed by atoms with Gasteiger partial charge < -0.3 is 30.7 Å². The molecule has 0 saturated heterocycles. The Morgan fingerprint density at radius 1 is 1.05 bits per heavy atom. The number of ether oxygens (including phenoxy) is 1. The van der Waals surface area contributed by atoms with Gasteiger partial charge in [-0.2, -0.15) is 0 Å². The van der Waals surface area contributed by atoms with E-state index in [1.165, 1.54) is 7.11 Å². The third-order valence-corrected chi connectivity index (χ3v) is 7.59. The highest BCUT2D eigenvalue weighted by molar-refractivity contribution is 6.00. The number of para-hydroxylation sites is 1. The van der Waals surface area contributed by atoms with Gasteiger partial charge >= 0.3 is 6.09 Å². The molecule has 0 spiro atoms. The first-order valence-electron chi connectivity index (χ1n) is 14.7. The van der Waals surface area contributed by atoms with E-state index in [2.05, 4.69) is 16.0 Å². The van der Waals surface area contributed by atoms with Crippen LogP contribution < -0.4 is 20.9 Å². The molecule has 0 bridgehead atoms. The zero-order chi connectivity index (χ0) is 31.0. The molecule has 1 heterocycles. The van der Waals surface area contributed by atoms with E-state index >= 15 is 0 Å². The van der Waals surface area contributed by atoms with Crippen LogP contribution in [0.1, 0.15) is 50.3 Å². The molecule has 3 amide bonds. The first-order valence-corrected chi connectivity index (χ1v) is 14.7. The molecule has 0 aromatic heterocycles. The largest absolute Gasteiger partial charge is 0.453 e. The number of carbonyl (C=O) groups excluding carboxylic acids is 3. The summed E-state index contributed by atoms with van der Waals surface area (Å²) in [6.07, 6.45) is 0.343. The van der Waals surface area contributed by atoms with Crippen molar-refractivity contribution in [1.82, 2.24) is 16.0 Å². The molecule has 0 unspecified atom stereocenters. The van der Waals surface area contributed by atoms with Crippen molar-refractivity contribution in [2.45, 2.75) is 70.8 Å². The fourth-order valence-corrected chi connectivity index (χ4v) is 5.31. The molecule has 9 nitrogen and oxygen atoms in total. The third-order valence-electron chi connectivity index (χ3n) is 7.59. The molecule has 1 aliphatic rings. The molecule has 3 aromatic carbocycles. The number of nitrogens with one attached hydrogen (secondary N) is 3. The average Bonchev–Trinajstić information content (AvgIpc) is 3.11. The van der Waals surface area contributed by atoms with Crippen LogP contribution in [0.25, 0.3) is 11.1 Å². The number of carbonyl (C=O) groups is 3. The Bertz CT molecular complexity index is 1420. The molecule has 9 heteroatoms. The van der Waals surface area contributed by atoms with Crippen molar-refractivity contribution in [2.75, 3.05) is 18.6 Å². The van der Waals surface area contributed by atoms with E-state index in [0.717, 1.165) is 33.5 Å². The predicted molar refractivity (Wildman–Crippen MR) is 167 cm³/mol. The minimum absolute atomic E-state index is 0.142. The lowest BCUT2D eigenvalue weighted by Crippen LogP contribution is -2.51. The predicted octanol–water partition coefficient (Wildman–Crippen LogP) is 4.31. The Labute approximate surface area is 253 Å². The van der Waals surface area contributed by atoms with Gasteiger partial charge in [-0.25, -0.2) is 4.79 Å². The number of alkyl carbamates (subject to hydrolysis) is 1. The fraction of sp³-hybridized carbons (Fsp3) is 0.382. The number of hydrogen-bond acceptors (Lipinski definition) is 6. The van der Waals surface area contributed by atoms with E-state index in [4.69, 9.17) is 4.74 Å². The van der Waals surface area contributed by atoms with Gasteiger partial charge in [0.1, 0.15) is 6.04 Å². The number of anilines is 1. The van der Waals surface area contributed by atoms with Crippen molar-refractivity contribution in [1.29, 1.82) is 0 Å². The molecule has 0 fully saturated rings. The summed E-state index contributed by atoms with van der Waals surface area (Å²) in [6, 6.07) is 23.1. The normalized spacial score (nSPS) is 15.7. The number of rotatable bonds is 11. The monoisotopic (exact) mass is 586 g/mol. The number of β-amino-alcohol motifs (C(OH)–C–C–N with tert-alkyl or cyclic N) is 1. The van der Waals surface area contributed by atoms with Crippen molar-refractivity contribution < 1.29 is 24.2 Å². The average molecular weight is 587 g/mol. The first kappa shape index (κ1) is 31.7. The Kier molecular flexibility index (Phi) is 10.6. The zero-order valence-corrected chi connectivity index (χ0v) is 25.4. The lowest BCUT2D eigenvalue weighted by molar-refractivity contribution is -0.128. The standard InChI is InChI=1S/C34H42N4O5/c1-23(39)20-36-34(2,3)19-31(40)37-29-18-17-26-9-6-8-12-30(26)38(32(29)41)22-24-13-15-25(16-14-24)28-11-7-5-10-27(28)21-35-33(42)43-4/h5-16,23,29,36,39H,17-22H2,1-4H3,(H,35,42)(H,37,40)/t23-,29-/m1/s1. The minimum atomic E-state index is -0.652. The summed E-state index contributed by atoms with van der Waals surface area (Å²) in [5.41, 5.74) is 5.28. The summed E-state index contributed by atoms with van der Waals surface area (Å²) in [5.74, 6) is -0.353.